The van der Waals surface area contributed by atoms with Gasteiger partial charge in [0.25, 0.3) is 5.69 Å². The van der Waals surface area contributed by atoms with E-state index in [2.05, 4.69) is 10.0 Å². The zero-order valence-electron chi connectivity index (χ0n) is 13.1. The van der Waals surface area contributed by atoms with Gasteiger partial charge in [0.1, 0.15) is 0 Å². The van der Waals surface area contributed by atoms with Crippen molar-refractivity contribution in [2.45, 2.75) is 24.3 Å². The second-order valence-electron chi connectivity index (χ2n) is 5.30. The Bertz CT molecular complexity index is 721. The molecule has 9 nitrogen and oxygen atoms in total. The van der Waals surface area contributed by atoms with Gasteiger partial charge in [-0.1, -0.05) is 12.1 Å². The van der Waals surface area contributed by atoms with E-state index in [0.717, 1.165) is 6.07 Å². The number of carbonyl (C=O) groups excluding carboxylic acids is 1. The number of benzene rings is 1. The van der Waals surface area contributed by atoms with E-state index in [4.69, 9.17) is 4.74 Å². The zero-order valence-corrected chi connectivity index (χ0v) is 13.9. The number of para-hydroxylation sites is 1. The van der Waals surface area contributed by atoms with E-state index < -0.39 is 43.5 Å². The van der Waals surface area contributed by atoms with Gasteiger partial charge >= 0.3 is 5.97 Å². The number of nitrogens with one attached hydrogen (secondary N) is 2. The molecule has 0 radical (unpaired) electrons. The number of piperidine rings is 1. The monoisotopic (exact) mass is 357 g/mol. The maximum Gasteiger partial charge on any atom is 0.311 e. The average molecular weight is 357 g/mol. The van der Waals surface area contributed by atoms with Gasteiger partial charge in [0.2, 0.25) is 10.0 Å². The Morgan fingerprint density at radius 3 is 2.83 bits per heavy atom. The molecule has 0 spiro atoms. The molecule has 1 aromatic carbocycles. The van der Waals surface area contributed by atoms with E-state index in [0.29, 0.717) is 13.0 Å². The van der Waals surface area contributed by atoms with Gasteiger partial charge in [-0.05, 0) is 26.0 Å². The Balaban J connectivity index is 2.27. The number of ether oxygens (including phenoxy) is 1. The van der Waals surface area contributed by atoms with Crippen LogP contribution in [0.1, 0.15) is 13.3 Å². The molecule has 1 saturated heterocycles. The highest BCUT2D eigenvalue weighted by Crippen LogP contribution is 2.24. The Morgan fingerprint density at radius 1 is 1.46 bits per heavy atom. The number of hydrogen-bond donors (Lipinski definition) is 2. The van der Waals surface area contributed by atoms with Crippen LogP contribution in [0, 0.1) is 16.0 Å². The number of nitro groups is 1. The minimum Gasteiger partial charge on any atom is -0.466 e. The Hall–Kier alpha value is -2.04. The van der Waals surface area contributed by atoms with Crippen LogP contribution in [-0.2, 0) is 19.6 Å². The van der Waals surface area contributed by atoms with Gasteiger partial charge in [0, 0.05) is 18.7 Å². The highest BCUT2D eigenvalue weighted by atomic mass is 32.2. The SMILES string of the molecule is CCOC(=O)[C@H]1CNCC[C@H]1NS(=O)(=O)c1ccccc1[N+](=O)[O-]. The molecule has 0 unspecified atom stereocenters. The van der Waals surface area contributed by atoms with Crippen LogP contribution in [0.5, 0.6) is 0 Å². The van der Waals surface area contributed by atoms with Crippen molar-refractivity contribution in [3.8, 4) is 0 Å². The fraction of sp³-hybridized carbons (Fsp3) is 0.500. The minimum absolute atomic E-state index is 0.193. The second-order valence-corrected chi connectivity index (χ2v) is 6.99. The molecule has 132 valence electrons. The summed E-state index contributed by atoms with van der Waals surface area (Å²) in [4.78, 5) is 21.9. The van der Waals surface area contributed by atoms with Crippen molar-refractivity contribution in [2.24, 2.45) is 5.92 Å². The van der Waals surface area contributed by atoms with Crippen LogP contribution < -0.4 is 10.0 Å². The maximum atomic E-state index is 12.6. The standard InChI is InChI=1S/C14H19N3O6S/c1-2-23-14(18)10-9-15-8-7-11(10)16-24(21,22)13-6-4-3-5-12(13)17(19)20/h3-6,10-11,15-16H,2,7-9H2,1H3/t10-,11+/m0/s1. The van der Waals surface area contributed by atoms with E-state index in [1.807, 2.05) is 0 Å². The third kappa shape index (κ3) is 4.08. The minimum atomic E-state index is -4.14. The van der Waals surface area contributed by atoms with Crippen molar-refractivity contribution < 1.29 is 22.9 Å². The predicted molar refractivity (Wildman–Crippen MR) is 84.8 cm³/mol. The first kappa shape index (κ1) is 18.3. The van der Waals surface area contributed by atoms with E-state index in [9.17, 15) is 23.3 Å². The van der Waals surface area contributed by atoms with Crippen molar-refractivity contribution in [2.75, 3.05) is 19.7 Å². The van der Waals surface area contributed by atoms with Crippen molar-refractivity contribution in [3.63, 3.8) is 0 Å². The molecule has 2 N–H and O–H groups in total. The van der Waals surface area contributed by atoms with E-state index >= 15 is 0 Å². The van der Waals surface area contributed by atoms with Crippen LogP contribution in [0.4, 0.5) is 5.69 Å². The third-order valence-corrected chi connectivity index (χ3v) is 5.27. The van der Waals surface area contributed by atoms with Crippen LogP contribution in [0.2, 0.25) is 0 Å². The third-order valence-electron chi connectivity index (χ3n) is 3.73. The Labute approximate surface area is 139 Å². The van der Waals surface area contributed by atoms with Crippen LogP contribution in [-0.4, -0.2) is 45.0 Å². The lowest BCUT2D eigenvalue weighted by Crippen LogP contribution is -2.52. The first-order valence-corrected chi connectivity index (χ1v) is 8.98. The fourth-order valence-corrected chi connectivity index (χ4v) is 4.08. The van der Waals surface area contributed by atoms with Gasteiger partial charge < -0.3 is 10.1 Å². The van der Waals surface area contributed by atoms with E-state index in [-0.39, 0.29) is 13.2 Å². The summed E-state index contributed by atoms with van der Waals surface area (Å²) >= 11 is 0. The van der Waals surface area contributed by atoms with Gasteiger partial charge in [0.15, 0.2) is 4.90 Å². The molecular weight excluding hydrogens is 338 g/mol. The molecule has 2 rings (SSSR count). The highest BCUT2D eigenvalue weighted by Gasteiger charge is 2.36. The fourth-order valence-electron chi connectivity index (χ4n) is 2.59. The molecule has 0 aromatic heterocycles. The molecule has 0 amide bonds. The lowest BCUT2D eigenvalue weighted by Gasteiger charge is -2.30. The van der Waals surface area contributed by atoms with Crippen LogP contribution >= 0.6 is 0 Å². The molecule has 10 heteroatoms. The number of nitrogens with zero attached hydrogens (tertiary/aromatic N) is 1. The van der Waals surface area contributed by atoms with Crippen molar-refractivity contribution in [3.05, 3.63) is 34.4 Å². The summed E-state index contributed by atoms with van der Waals surface area (Å²) in [6.07, 6.45) is 0.378. The summed E-state index contributed by atoms with van der Waals surface area (Å²) in [6, 6.07) is 4.41. The van der Waals surface area contributed by atoms with Gasteiger partial charge in [0.05, 0.1) is 17.4 Å². The molecule has 1 fully saturated rings. The first-order chi connectivity index (χ1) is 11.4. The quantitative estimate of drug-likeness (QED) is 0.429. The summed E-state index contributed by atoms with van der Waals surface area (Å²) < 4.78 is 32.5. The highest BCUT2D eigenvalue weighted by molar-refractivity contribution is 7.89. The molecule has 2 atom stereocenters. The van der Waals surface area contributed by atoms with Crippen molar-refractivity contribution in [1.29, 1.82) is 0 Å². The average Bonchev–Trinajstić information content (AvgIpc) is 2.55. The van der Waals surface area contributed by atoms with Gasteiger partial charge in [-0.2, -0.15) is 0 Å². The van der Waals surface area contributed by atoms with Gasteiger partial charge in [-0.3, -0.25) is 14.9 Å². The summed E-state index contributed by atoms with van der Waals surface area (Å²) in [5, 5.41) is 14.1. The Kier molecular flexibility index (Phi) is 5.86. The molecule has 1 aromatic rings. The number of esters is 1. The van der Waals surface area contributed by atoms with Crippen molar-refractivity contribution >= 4 is 21.7 Å². The topological polar surface area (TPSA) is 128 Å². The number of sulfonamides is 1. The molecule has 0 bridgehead atoms. The normalized spacial score (nSPS) is 21.2. The van der Waals surface area contributed by atoms with Crippen LogP contribution in [0.15, 0.2) is 29.2 Å². The maximum absolute atomic E-state index is 12.6. The number of nitro benzene ring substituents is 1. The van der Waals surface area contributed by atoms with E-state index in [1.165, 1.54) is 18.2 Å². The molecule has 0 saturated carbocycles. The van der Waals surface area contributed by atoms with Crippen LogP contribution in [0.3, 0.4) is 0 Å². The molecular formula is C14H19N3O6S. The van der Waals surface area contributed by atoms with E-state index in [1.54, 1.807) is 6.92 Å². The molecule has 1 aliphatic rings. The molecule has 24 heavy (non-hydrogen) atoms. The lowest BCUT2D eigenvalue weighted by atomic mass is 9.94. The summed E-state index contributed by atoms with van der Waals surface area (Å²) in [5.41, 5.74) is -0.508. The summed E-state index contributed by atoms with van der Waals surface area (Å²) in [6.45, 7) is 2.67. The smallest absolute Gasteiger partial charge is 0.311 e. The lowest BCUT2D eigenvalue weighted by molar-refractivity contribution is -0.387. The van der Waals surface area contributed by atoms with Crippen LogP contribution in [0.25, 0.3) is 0 Å². The summed E-state index contributed by atoms with van der Waals surface area (Å²) in [7, 11) is -4.14. The molecule has 1 heterocycles. The number of hydrogen-bond acceptors (Lipinski definition) is 7. The first-order valence-electron chi connectivity index (χ1n) is 7.50. The largest absolute Gasteiger partial charge is 0.466 e. The van der Waals surface area contributed by atoms with Gasteiger partial charge in [-0.15, -0.1) is 0 Å². The van der Waals surface area contributed by atoms with Crippen molar-refractivity contribution in [1.82, 2.24) is 10.0 Å². The molecule has 0 aliphatic carbocycles. The zero-order chi connectivity index (χ0) is 17.7. The van der Waals surface area contributed by atoms with Gasteiger partial charge in [-0.25, -0.2) is 13.1 Å². The second kappa shape index (κ2) is 7.69. The molecule has 1 aliphatic heterocycles. The number of rotatable bonds is 6. The Morgan fingerprint density at radius 2 is 2.17 bits per heavy atom. The predicted octanol–water partition coefficient (Wildman–Crippen LogP) is 0.414. The summed E-state index contributed by atoms with van der Waals surface area (Å²) in [5.74, 6) is -1.18. The number of carbonyl (C=O) groups is 1.